The van der Waals surface area contributed by atoms with Crippen molar-refractivity contribution in [2.75, 3.05) is 6.61 Å². The van der Waals surface area contributed by atoms with E-state index in [-0.39, 0.29) is 0 Å². The molecule has 0 atom stereocenters. The Morgan fingerprint density at radius 3 is 2.74 bits per heavy atom. The Kier molecular flexibility index (Phi) is 4.55. The molecular formula is C15H21N3O. The molecule has 2 aromatic rings. The van der Waals surface area contributed by atoms with Gasteiger partial charge < -0.3 is 4.74 Å². The topological polar surface area (TPSA) is 50.8 Å². The minimum atomic E-state index is 0.548. The molecule has 0 aliphatic rings. The molecule has 0 saturated heterocycles. The predicted octanol–water partition coefficient (Wildman–Crippen LogP) is 2.93. The highest BCUT2D eigenvalue weighted by molar-refractivity contribution is 5.35. The van der Waals surface area contributed by atoms with Gasteiger partial charge in [0, 0.05) is 0 Å². The van der Waals surface area contributed by atoms with E-state index in [2.05, 4.69) is 48.3 Å². The van der Waals surface area contributed by atoms with Gasteiger partial charge in [0.2, 0.25) is 0 Å². The smallest absolute Gasteiger partial charge is 0.119 e. The van der Waals surface area contributed by atoms with Crippen molar-refractivity contribution < 1.29 is 4.74 Å². The fourth-order valence-corrected chi connectivity index (χ4v) is 1.91. The molecule has 0 fully saturated rings. The van der Waals surface area contributed by atoms with Gasteiger partial charge in [-0.05, 0) is 48.9 Å². The van der Waals surface area contributed by atoms with Crippen molar-refractivity contribution in [2.45, 2.75) is 33.6 Å². The van der Waals surface area contributed by atoms with E-state index in [9.17, 15) is 0 Å². The van der Waals surface area contributed by atoms with Crippen LogP contribution in [0.25, 0.3) is 0 Å². The lowest BCUT2D eigenvalue weighted by atomic mass is 10.0. The third kappa shape index (κ3) is 4.09. The van der Waals surface area contributed by atoms with E-state index in [0.29, 0.717) is 5.92 Å². The van der Waals surface area contributed by atoms with Crippen LogP contribution in [0.15, 0.2) is 24.4 Å². The van der Waals surface area contributed by atoms with E-state index in [4.69, 9.17) is 4.74 Å². The SMILES string of the molecule is Cc1cc(OCC(C)C)ccc1CCc1cn[nH]n1. The van der Waals surface area contributed by atoms with Gasteiger partial charge in [-0.1, -0.05) is 19.9 Å². The summed E-state index contributed by atoms with van der Waals surface area (Å²) < 4.78 is 5.73. The molecule has 0 unspecified atom stereocenters. The molecule has 1 aromatic heterocycles. The first-order valence-corrected chi connectivity index (χ1v) is 6.72. The molecule has 2 rings (SSSR count). The van der Waals surface area contributed by atoms with Gasteiger partial charge in [-0.2, -0.15) is 15.4 Å². The summed E-state index contributed by atoms with van der Waals surface area (Å²) in [5, 5.41) is 10.5. The molecule has 0 aliphatic heterocycles. The lowest BCUT2D eigenvalue weighted by Crippen LogP contribution is -2.05. The number of hydrogen-bond acceptors (Lipinski definition) is 3. The number of ether oxygens (including phenoxy) is 1. The van der Waals surface area contributed by atoms with Crippen LogP contribution in [0.2, 0.25) is 0 Å². The number of aromatic nitrogens is 3. The van der Waals surface area contributed by atoms with Gasteiger partial charge in [0.1, 0.15) is 5.75 Å². The maximum absolute atomic E-state index is 5.73. The van der Waals surface area contributed by atoms with Gasteiger partial charge >= 0.3 is 0 Å². The Morgan fingerprint density at radius 2 is 2.11 bits per heavy atom. The number of H-pyrrole nitrogens is 1. The van der Waals surface area contributed by atoms with E-state index < -0.39 is 0 Å². The van der Waals surface area contributed by atoms with Crippen LogP contribution in [0.5, 0.6) is 5.75 Å². The van der Waals surface area contributed by atoms with Crippen molar-refractivity contribution in [1.82, 2.24) is 15.4 Å². The molecule has 0 radical (unpaired) electrons. The van der Waals surface area contributed by atoms with Gasteiger partial charge in [-0.15, -0.1) is 0 Å². The molecule has 1 aromatic carbocycles. The number of nitrogens with zero attached hydrogens (tertiary/aromatic N) is 2. The number of hydrogen-bond donors (Lipinski definition) is 1. The number of rotatable bonds is 6. The second kappa shape index (κ2) is 6.36. The number of nitrogens with one attached hydrogen (secondary N) is 1. The number of benzene rings is 1. The quantitative estimate of drug-likeness (QED) is 0.867. The molecule has 0 aliphatic carbocycles. The zero-order chi connectivity index (χ0) is 13.7. The lowest BCUT2D eigenvalue weighted by Gasteiger charge is -2.11. The molecule has 0 amide bonds. The van der Waals surface area contributed by atoms with Crippen LogP contribution in [0.3, 0.4) is 0 Å². The van der Waals surface area contributed by atoms with Crippen LogP contribution in [0.1, 0.15) is 30.7 Å². The summed E-state index contributed by atoms with van der Waals surface area (Å²) in [6, 6.07) is 6.30. The van der Waals surface area contributed by atoms with Gasteiger partial charge in [-0.25, -0.2) is 0 Å². The minimum absolute atomic E-state index is 0.548. The third-order valence-corrected chi connectivity index (χ3v) is 3.01. The Labute approximate surface area is 114 Å². The molecule has 1 heterocycles. The van der Waals surface area contributed by atoms with E-state index in [1.807, 2.05) is 6.07 Å². The summed E-state index contributed by atoms with van der Waals surface area (Å²) >= 11 is 0. The highest BCUT2D eigenvalue weighted by Crippen LogP contribution is 2.19. The summed E-state index contributed by atoms with van der Waals surface area (Å²) in [4.78, 5) is 0. The van der Waals surface area contributed by atoms with Gasteiger partial charge in [0.25, 0.3) is 0 Å². The second-order valence-electron chi connectivity index (χ2n) is 5.25. The Balaban J connectivity index is 1.94. The molecule has 0 bridgehead atoms. The third-order valence-electron chi connectivity index (χ3n) is 3.01. The summed E-state index contributed by atoms with van der Waals surface area (Å²) in [6.45, 7) is 7.19. The molecule has 1 N–H and O–H groups in total. The minimum Gasteiger partial charge on any atom is -0.493 e. The summed E-state index contributed by atoms with van der Waals surface area (Å²) in [5.74, 6) is 1.50. The Morgan fingerprint density at radius 1 is 1.26 bits per heavy atom. The molecule has 19 heavy (non-hydrogen) atoms. The van der Waals surface area contributed by atoms with E-state index >= 15 is 0 Å². The van der Waals surface area contributed by atoms with Crippen LogP contribution in [-0.2, 0) is 12.8 Å². The van der Waals surface area contributed by atoms with E-state index in [0.717, 1.165) is 30.9 Å². The maximum Gasteiger partial charge on any atom is 0.119 e. The van der Waals surface area contributed by atoms with E-state index in [1.165, 1.54) is 11.1 Å². The molecule has 0 saturated carbocycles. The van der Waals surface area contributed by atoms with Crippen molar-refractivity contribution in [3.05, 3.63) is 41.2 Å². The molecular weight excluding hydrogens is 238 g/mol. The van der Waals surface area contributed by atoms with Crippen LogP contribution in [0.4, 0.5) is 0 Å². The fourth-order valence-electron chi connectivity index (χ4n) is 1.91. The first-order chi connectivity index (χ1) is 9.15. The number of aromatic amines is 1. The standard InChI is InChI=1S/C15H21N3O/c1-11(2)10-19-15-7-5-13(12(3)8-15)4-6-14-9-16-18-17-14/h5,7-9,11H,4,6,10H2,1-3H3,(H,16,17,18). The van der Waals surface area contributed by atoms with Crippen molar-refractivity contribution in [3.63, 3.8) is 0 Å². The maximum atomic E-state index is 5.73. The highest BCUT2D eigenvalue weighted by atomic mass is 16.5. The van der Waals surface area contributed by atoms with Gasteiger partial charge in [-0.3, -0.25) is 0 Å². The van der Waals surface area contributed by atoms with Crippen LogP contribution < -0.4 is 4.74 Å². The van der Waals surface area contributed by atoms with Crippen molar-refractivity contribution in [2.24, 2.45) is 5.92 Å². The molecule has 102 valence electrons. The van der Waals surface area contributed by atoms with Crippen molar-refractivity contribution in [1.29, 1.82) is 0 Å². The van der Waals surface area contributed by atoms with Crippen molar-refractivity contribution in [3.8, 4) is 5.75 Å². The zero-order valence-corrected chi connectivity index (χ0v) is 11.8. The average Bonchev–Trinajstić information content (AvgIpc) is 2.88. The van der Waals surface area contributed by atoms with Crippen LogP contribution >= 0.6 is 0 Å². The number of aryl methyl sites for hydroxylation is 3. The monoisotopic (exact) mass is 259 g/mol. The molecule has 0 spiro atoms. The largest absolute Gasteiger partial charge is 0.493 e. The molecule has 4 nitrogen and oxygen atoms in total. The average molecular weight is 259 g/mol. The lowest BCUT2D eigenvalue weighted by molar-refractivity contribution is 0.271. The van der Waals surface area contributed by atoms with E-state index in [1.54, 1.807) is 6.20 Å². The Hall–Kier alpha value is -1.84. The summed E-state index contributed by atoms with van der Waals surface area (Å²) in [5.41, 5.74) is 3.60. The summed E-state index contributed by atoms with van der Waals surface area (Å²) in [6.07, 6.45) is 3.65. The Bertz CT molecular complexity index is 506. The molecule has 4 heteroatoms. The highest BCUT2D eigenvalue weighted by Gasteiger charge is 2.04. The summed E-state index contributed by atoms with van der Waals surface area (Å²) in [7, 11) is 0. The first-order valence-electron chi connectivity index (χ1n) is 6.72. The predicted molar refractivity (Wildman–Crippen MR) is 75.3 cm³/mol. The second-order valence-corrected chi connectivity index (χ2v) is 5.25. The normalized spacial score (nSPS) is 10.9. The van der Waals surface area contributed by atoms with Gasteiger partial charge in [0.15, 0.2) is 0 Å². The first kappa shape index (κ1) is 13.6. The van der Waals surface area contributed by atoms with Crippen LogP contribution in [-0.4, -0.2) is 22.0 Å². The fraction of sp³-hybridized carbons (Fsp3) is 0.467. The van der Waals surface area contributed by atoms with Crippen LogP contribution in [0, 0.1) is 12.8 Å². The zero-order valence-electron chi connectivity index (χ0n) is 11.8. The van der Waals surface area contributed by atoms with Gasteiger partial charge in [0.05, 0.1) is 18.5 Å². The van der Waals surface area contributed by atoms with Crippen molar-refractivity contribution >= 4 is 0 Å².